The minimum absolute atomic E-state index is 0.0258. The molecule has 1 fully saturated rings. The molecule has 0 bridgehead atoms. The number of ketones is 1. The van der Waals surface area contributed by atoms with E-state index in [1.54, 1.807) is 43.0 Å². The van der Waals surface area contributed by atoms with Crippen LogP contribution in [0.5, 0.6) is 0 Å². The SMILES string of the molecule is CC(=O)c1c(C)nn(CC(=O)N2CCN(c3ccccc3C#N)C(=O)C2)c1C. The summed E-state index contributed by atoms with van der Waals surface area (Å²) in [7, 11) is 0. The van der Waals surface area contributed by atoms with Gasteiger partial charge in [-0.3, -0.25) is 19.1 Å². The third-order valence-electron chi connectivity index (χ3n) is 4.91. The van der Waals surface area contributed by atoms with Crippen LogP contribution >= 0.6 is 0 Å². The Hall–Kier alpha value is -3.47. The van der Waals surface area contributed by atoms with E-state index in [4.69, 9.17) is 0 Å². The molecular weight excluding hydrogens is 358 g/mol. The molecule has 1 aromatic heterocycles. The largest absolute Gasteiger partial charge is 0.330 e. The van der Waals surface area contributed by atoms with Gasteiger partial charge in [-0.15, -0.1) is 0 Å². The molecule has 8 heteroatoms. The highest BCUT2D eigenvalue weighted by molar-refractivity contribution is 5.99. The zero-order valence-corrected chi connectivity index (χ0v) is 16.1. The van der Waals surface area contributed by atoms with Crippen molar-refractivity contribution >= 4 is 23.3 Å². The molecule has 1 aliphatic rings. The molecule has 1 aliphatic heterocycles. The number of para-hydroxylation sites is 1. The van der Waals surface area contributed by atoms with Gasteiger partial charge in [0.05, 0.1) is 22.5 Å². The number of piperazine rings is 1. The van der Waals surface area contributed by atoms with Crippen LogP contribution in [0.2, 0.25) is 0 Å². The number of rotatable bonds is 4. The summed E-state index contributed by atoms with van der Waals surface area (Å²) in [5.74, 6) is -0.559. The van der Waals surface area contributed by atoms with Gasteiger partial charge in [0.25, 0.3) is 0 Å². The number of nitriles is 1. The van der Waals surface area contributed by atoms with Crippen LogP contribution in [0.3, 0.4) is 0 Å². The second-order valence-corrected chi connectivity index (χ2v) is 6.75. The number of hydrogen-bond acceptors (Lipinski definition) is 5. The van der Waals surface area contributed by atoms with Gasteiger partial charge in [0.1, 0.15) is 19.2 Å². The van der Waals surface area contributed by atoms with Crippen LogP contribution in [0.15, 0.2) is 24.3 Å². The lowest BCUT2D eigenvalue weighted by Crippen LogP contribution is -2.53. The predicted octanol–water partition coefficient (Wildman–Crippen LogP) is 1.45. The van der Waals surface area contributed by atoms with E-state index in [0.717, 1.165) is 0 Å². The molecule has 0 unspecified atom stereocenters. The van der Waals surface area contributed by atoms with Gasteiger partial charge in [-0.05, 0) is 32.9 Å². The number of Topliss-reactive ketones (excluding diaryl/α,β-unsaturated/α-hetero) is 1. The van der Waals surface area contributed by atoms with Gasteiger partial charge in [0.2, 0.25) is 11.8 Å². The van der Waals surface area contributed by atoms with E-state index >= 15 is 0 Å². The predicted molar refractivity (Wildman–Crippen MR) is 102 cm³/mol. The summed E-state index contributed by atoms with van der Waals surface area (Å²) in [5.41, 5.74) is 2.75. The smallest absolute Gasteiger partial charge is 0.246 e. The standard InChI is InChI=1S/C20H21N5O3/c1-13-20(15(3)26)14(2)25(22-13)12-18(27)23-8-9-24(19(28)11-23)17-7-5-4-6-16(17)10-21/h4-7H,8-9,11-12H2,1-3H3. The van der Waals surface area contributed by atoms with Crippen molar-refractivity contribution in [2.75, 3.05) is 24.5 Å². The van der Waals surface area contributed by atoms with Crippen molar-refractivity contribution in [1.29, 1.82) is 5.26 Å². The third kappa shape index (κ3) is 3.51. The molecule has 2 aromatic rings. The number of carbonyl (C=O) groups excluding carboxylic acids is 3. The number of aryl methyl sites for hydroxylation is 1. The molecule has 3 rings (SSSR count). The summed E-state index contributed by atoms with van der Waals surface area (Å²) in [4.78, 5) is 40.0. The zero-order valence-electron chi connectivity index (χ0n) is 16.1. The number of amides is 2. The summed E-state index contributed by atoms with van der Waals surface area (Å²) in [6, 6.07) is 9.00. The van der Waals surface area contributed by atoms with Crippen LogP contribution in [-0.2, 0) is 16.1 Å². The van der Waals surface area contributed by atoms with Crippen LogP contribution in [-0.4, -0.2) is 51.9 Å². The Morgan fingerprint density at radius 2 is 1.93 bits per heavy atom. The van der Waals surface area contributed by atoms with Gasteiger partial charge in [0, 0.05) is 18.8 Å². The molecule has 2 amide bonds. The van der Waals surface area contributed by atoms with E-state index in [-0.39, 0.29) is 30.7 Å². The molecule has 0 radical (unpaired) electrons. The summed E-state index contributed by atoms with van der Waals surface area (Å²) in [6.07, 6.45) is 0. The molecule has 0 atom stereocenters. The van der Waals surface area contributed by atoms with Gasteiger partial charge in [-0.25, -0.2) is 0 Å². The van der Waals surface area contributed by atoms with Crippen LogP contribution in [0.4, 0.5) is 5.69 Å². The summed E-state index contributed by atoms with van der Waals surface area (Å²) >= 11 is 0. The molecule has 0 saturated carbocycles. The zero-order chi connectivity index (χ0) is 20.4. The quantitative estimate of drug-likeness (QED) is 0.749. The Balaban J connectivity index is 1.72. The molecule has 28 heavy (non-hydrogen) atoms. The molecule has 0 aliphatic carbocycles. The molecule has 144 valence electrons. The molecule has 1 aromatic carbocycles. The van der Waals surface area contributed by atoms with Crippen LogP contribution in [0, 0.1) is 25.2 Å². The van der Waals surface area contributed by atoms with E-state index in [2.05, 4.69) is 11.2 Å². The fourth-order valence-corrected chi connectivity index (χ4v) is 3.53. The van der Waals surface area contributed by atoms with E-state index in [0.29, 0.717) is 41.3 Å². The molecular formula is C20H21N5O3. The Labute approximate surface area is 163 Å². The van der Waals surface area contributed by atoms with Crippen molar-refractivity contribution in [2.45, 2.75) is 27.3 Å². The second kappa shape index (κ2) is 7.64. The summed E-state index contributed by atoms with van der Waals surface area (Å²) < 4.78 is 1.51. The minimum Gasteiger partial charge on any atom is -0.330 e. The summed E-state index contributed by atoms with van der Waals surface area (Å²) in [5, 5.41) is 13.5. The fourth-order valence-electron chi connectivity index (χ4n) is 3.53. The van der Waals surface area contributed by atoms with Gasteiger partial charge >= 0.3 is 0 Å². The maximum atomic E-state index is 12.7. The Kier molecular flexibility index (Phi) is 5.27. The van der Waals surface area contributed by atoms with Crippen LogP contribution in [0.1, 0.15) is 34.2 Å². The highest BCUT2D eigenvalue weighted by Gasteiger charge is 2.29. The lowest BCUT2D eigenvalue weighted by molar-refractivity contribution is -0.137. The minimum atomic E-state index is -0.236. The Bertz CT molecular complexity index is 1000. The highest BCUT2D eigenvalue weighted by Crippen LogP contribution is 2.22. The van der Waals surface area contributed by atoms with Crippen molar-refractivity contribution < 1.29 is 14.4 Å². The fraction of sp³-hybridized carbons (Fsp3) is 0.350. The average molecular weight is 379 g/mol. The maximum absolute atomic E-state index is 12.7. The Morgan fingerprint density at radius 1 is 1.21 bits per heavy atom. The molecule has 0 N–H and O–H groups in total. The number of nitrogens with zero attached hydrogens (tertiary/aromatic N) is 5. The van der Waals surface area contributed by atoms with E-state index < -0.39 is 0 Å². The van der Waals surface area contributed by atoms with E-state index in [9.17, 15) is 19.6 Å². The molecule has 2 heterocycles. The number of anilines is 1. The second-order valence-electron chi connectivity index (χ2n) is 6.75. The summed E-state index contributed by atoms with van der Waals surface area (Å²) in [6.45, 7) is 5.56. The van der Waals surface area contributed by atoms with E-state index in [1.165, 1.54) is 16.5 Å². The highest BCUT2D eigenvalue weighted by atomic mass is 16.2. The first-order valence-electron chi connectivity index (χ1n) is 8.95. The Morgan fingerprint density at radius 3 is 2.54 bits per heavy atom. The van der Waals surface area contributed by atoms with Crippen molar-refractivity contribution in [3.05, 3.63) is 46.8 Å². The van der Waals surface area contributed by atoms with Gasteiger partial charge in [0.15, 0.2) is 5.78 Å². The number of aromatic nitrogens is 2. The lowest BCUT2D eigenvalue weighted by atomic mass is 10.1. The first kappa shape index (κ1) is 19.3. The monoisotopic (exact) mass is 379 g/mol. The van der Waals surface area contributed by atoms with E-state index in [1.807, 2.05) is 0 Å². The van der Waals surface area contributed by atoms with Crippen molar-refractivity contribution in [3.8, 4) is 6.07 Å². The van der Waals surface area contributed by atoms with Crippen molar-refractivity contribution in [1.82, 2.24) is 14.7 Å². The van der Waals surface area contributed by atoms with Crippen molar-refractivity contribution in [2.24, 2.45) is 0 Å². The third-order valence-corrected chi connectivity index (χ3v) is 4.91. The molecule has 1 saturated heterocycles. The average Bonchev–Trinajstić information content (AvgIpc) is 2.94. The normalized spacial score (nSPS) is 14.1. The lowest BCUT2D eigenvalue weighted by Gasteiger charge is -2.34. The van der Waals surface area contributed by atoms with Gasteiger partial charge in [-0.1, -0.05) is 12.1 Å². The maximum Gasteiger partial charge on any atom is 0.246 e. The van der Waals surface area contributed by atoms with Crippen molar-refractivity contribution in [3.63, 3.8) is 0 Å². The number of hydrogen-bond donors (Lipinski definition) is 0. The number of carbonyl (C=O) groups is 3. The molecule has 0 spiro atoms. The van der Waals surface area contributed by atoms with Crippen LogP contribution in [0.25, 0.3) is 0 Å². The number of benzene rings is 1. The topological polar surface area (TPSA) is 99.3 Å². The van der Waals surface area contributed by atoms with Gasteiger partial charge < -0.3 is 9.80 Å². The van der Waals surface area contributed by atoms with Gasteiger partial charge in [-0.2, -0.15) is 10.4 Å². The first-order valence-corrected chi connectivity index (χ1v) is 8.95. The molecule has 8 nitrogen and oxygen atoms in total. The van der Waals surface area contributed by atoms with Crippen LogP contribution < -0.4 is 4.90 Å². The first-order chi connectivity index (χ1) is 13.3.